The Hall–Kier alpha value is -7.37. The Kier molecular flexibility index (Phi) is 7.56. The van der Waals surface area contributed by atoms with Gasteiger partial charge in [-0.3, -0.25) is 0 Å². The van der Waals surface area contributed by atoms with E-state index >= 15 is 0 Å². The predicted molar refractivity (Wildman–Crippen MR) is 226 cm³/mol. The Bertz CT molecular complexity index is 3180. The minimum atomic E-state index is 0.634. The van der Waals surface area contributed by atoms with Gasteiger partial charge in [-0.15, -0.1) is 0 Å². The molecule has 10 aromatic rings. The third-order valence-electron chi connectivity index (χ3n) is 10.9. The summed E-state index contributed by atoms with van der Waals surface area (Å²) in [4.78, 5) is 14.7. The molecule has 264 valence electrons. The van der Waals surface area contributed by atoms with Gasteiger partial charge in [-0.2, -0.15) is 0 Å². The normalized spacial score (nSPS) is 12.6. The number of para-hydroxylation sites is 1. The summed E-state index contributed by atoms with van der Waals surface area (Å²) in [5, 5.41) is 4.59. The smallest absolute Gasteiger partial charge is 0.164 e. The fraction of sp³-hybridized carbons (Fsp3) is 0.0392. The molecule has 56 heavy (non-hydrogen) atoms. The van der Waals surface area contributed by atoms with Gasteiger partial charge < -0.3 is 8.83 Å². The van der Waals surface area contributed by atoms with Crippen molar-refractivity contribution in [2.45, 2.75) is 12.8 Å². The molecule has 0 saturated heterocycles. The standard InChI is InChI=1S/C51H33N3O2/c1-3-13-33(14-4-1)49-52-50(34-15-5-2-6-16-34)54-51(53-49)35-27-25-32(26-28-35)36-29-30-42-46(31-36)56-45-24-12-21-40(48(42)45)38-18-8-7-17-37(38)39-20-11-23-44-47(39)41-19-9-10-22-43(41)55-44/h1-11,13-20,22-31H,12,21H2. The highest BCUT2D eigenvalue weighted by atomic mass is 16.3. The molecule has 0 aliphatic heterocycles. The lowest BCUT2D eigenvalue weighted by Crippen LogP contribution is -2.26. The maximum Gasteiger partial charge on any atom is 0.164 e. The van der Waals surface area contributed by atoms with E-state index in [1.54, 1.807) is 0 Å². The molecule has 1 aliphatic carbocycles. The molecule has 0 bridgehead atoms. The van der Waals surface area contributed by atoms with E-state index in [1.807, 2.05) is 72.8 Å². The molecular weight excluding hydrogens is 687 g/mol. The molecule has 0 saturated carbocycles. The number of benzene rings is 7. The first-order chi connectivity index (χ1) is 27.7. The molecule has 5 nitrogen and oxygen atoms in total. The molecule has 0 radical (unpaired) electrons. The Morgan fingerprint density at radius 2 is 0.964 bits per heavy atom. The largest absolute Gasteiger partial charge is 0.456 e. The average molecular weight is 720 g/mol. The summed E-state index contributed by atoms with van der Waals surface area (Å²) in [5.74, 6) is 1.93. The molecule has 7 aromatic carbocycles. The van der Waals surface area contributed by atoms with Crippen LogP contribution >= 0.6 is 0 Å². The van der Waals surface area contributed by atoms with Crippen LogP contribution in [0.15, 0.2) is 179 Å². The van der Waals surface area contributed by atoms with Crippen LogP contribution in [0.2, 0.25) is 0 Å². The van der Waals surface area contributed by atoms with Gasteiger partial charge in [0.05, 0.1) is 0 Å². The molecule has 11 rings (SSSR count). The fourth-order valence-electron chi connectivity index (χ4n) is 8.22. The Balaban J connectivity index is 0.990. The van der Waals surface area contributed by atoms with E-state index in [-0.39, 0.29) is 0 Å². The summed E-state index contributed by atoms with van der Waals surface area (Å²) < 4.78 is 12.9. The van der Waals surface area contributed by atoms with E-state index in [4.69, 9.17) is 23.8 Å². The van der Waals surface area contributed by atoms with Crippen molar-refractivity contribution in [3.63, 3.8) is 0 Å². The Morgan fingerprint density at radius 1 is 0.393 bits per heavy atom. The lowest BCUT2D eigenvalue weighted by atomic mass is 9.87. The van der Waals surface area contributed by atoms with Crippen molar-refractivity contribution in [3.8, 4) is 56.4 Å². The van der Waals surface area contributed by atoms with Crippen molar-refractivity contribution in [3.05, 3.63) is 186 Å². The van der Waals surface area contributed by atoms with Crippen LogP contribution in [0.4, 0.5) is 0 Å². The van der Waals surface area contributed by atoms with Gasteiger partial charge in [0.25, 0.3) is 0 Å². The Labute approximate surface area is 322 Å². The molecule has 0 amide bonds. The maximum atomic E-state index is 6.65. The first-order valence-electron chi connectivity index (χ1n) is 19.0. The van der Waals surface area contributed by atoms with Crippen molar-refractivity contribution in [1.82, 2.24) is 15.0 Å². The maximum absolute atomic E-state index is 6.65. The lowest BCUT2D eigenvalue weighted by Gasteiger charge is -2.15. The van der Waals surface area contributed by atoms with Gasteiger partial charge in [-0.05, 0) is 76.6 Å². The van der Waals surface area contributed by atoms with E-state index in [9.17, 15) is 0 Å². The van der Waals surface area contributed by atoms with Crippen LogP contribution in [-0.2, 0) is 0 Å². The molecular formula is C51H33N3O2. The van der Waals surface area contributed by atoms with Gasteiger partial charge in [-0.25, -0.2) is 15.0 Å². The van der Waals surface area contributed by atoms with Crippen molar-refractivity contribution >= 4 is 44.6 Å². The predicted octanol–water partition coefficient (Wildman–Crippen LogP) is 11.6. The topological polar surface area (TPSA) is 65.0 Å². The van der Waals surface area contributed by atoms with E-state index < -0.39 is 0 Å². The zero-order chi connectivity index (χ0) is 37.0. The summed E-state index contributed by atoms with van der Waals surface area (Å²) in [6.45, 7) is 0. The quantitative estimate of drug-likeness (QED) is 0.171. The van der Waals surface area contributed by atoms with Crippen LogP contribution in [0.5, 0.6) is 0 Å². The first-order valence-corrected chi connectivity index (χ1v) is 19.0. The molecule has 1 aliphatic rings. The number of rotatable bonds is 6. The highest BCUT2D eigenvalue weighted by molar-refractivity contribution is 6.13. The van der Waals surface area contributed by atoms with Crippen molar-refractivity contribution in [1.29, 1.82) is 0 Å². The summed E-state index contributed by atoms with van der Waals surface area (Å²) >= 11 is 0. The number of fused-ring (bicyclic) bond motifs is 6. The van der Waals surface area contributed by atoms with Crippen LogP contribution in [0, 0.1) is 0 Å². The molecule has 0 N–H and O–H groups in total. The van der Waals surface area contributed by atoms with Gasteiger partial charge in [0.2, 0.25) is 0 Å². The summed E-state index contributed by atoms with van der Waals surface area (Å²) in [5.41, 5.74) is 13.5. The van der Waals surface area contributed by atoms with Gasteiger partial charge in [0, 0.05) is 38.1 Å². The molecule has 0 atom stereocenters. The van der Waals surface area contributed by atoms with E-state index in [0.717, 1.165) is 79.0 Å². The van der Waals surface area contributed by atoms with Crippen LogP contribution in [0.25, 0.3) is 101 Å². The molecule has 3 aromatic heterocycles. The van der Waals surface area contributed by atoms with Crippen molar-refractivity contribution in [2.75, 3.05) is 0 Å². The van der Waals surface area contributed by atoms with Gasteiger partial charge in [-0.1, -0.05) is 146 Å². The van der Waals surface area contributed by atoms with E-state index in [1.165, 1.54) is 27.5 Å². The minimum absolute atomic E-state index is 0.634. The zero-order valence-corrected chi connectivity index (χ0v) is 30.3. The van der Waals surface area contributed by atoms with Crippen molar-refractivity contribution in [2.24, 2.45) is 0 Å². The summed E-state index contributed by atoms with van der Waals surface area (Å²) in [6, 6.07) is 58.6. The molecule has 0 spiro atoms. The highest BCUT2D eigenvalue weighted by Gasteiger charge is 2.20. The molecule has 0 unspecified atom stereocenters. The lowest BCUT2D eigenvalue weighted by molar-refractivity contribution is 0.571. The SMILES string of the molecule is C1=c2oc3cc(-c4ccc(-c5nc(-c6ccccc6)nc(-c6ccccc6)n5)cc4)ccc3c2=C(c2ccccc2-c2cccc3oc4ccccc4c23)CC1. The third-order valence-corrected chi connectivity index (χ3v) is 10.9. The second kappa shape index (κ2) is 13.2. The van der Waals surface area contributed by atoms with Gasteiger partial charge in [0.1, 0.15) is 22.2 Å². The molecule has 3 heterocycles. The average Bonchev–Trinajstić information content (AvgIpc) is 3.85. The first kappa shape index (κ1) is 32.1. The molecule has 0 fully saturated rings. The minimum Gasteiger partial charge on any atom is -0.456 e. The Morgan fingerprint density at radius 3 is 1.70 bits per heavy atom. The van der Waals surface area contributed by atoms with E-state index in [2.05, 4.69) is 103 Å². The van der Waals surface area contributed by atoms with Gasteiger partial charge >= 0.3 is 0 Å². The van der Waals surface area contributed by atoms with Crippen molar-refractivity contribution < 1.29 is 8.83 Å². The second-order valence-electron chi connectivity index (χ2n) is 14.2. The van der Waals surface area contributed by atoms with Crippen LogP contribution in [0.1, 0.15) is 18.4 Å². The fourth-order valence-corrected chi connectivity index (χ4v) is 8.22. The summed E-state index contributed by atoms with van der Waals surface area (Å²) in [6.07, 6.45) is 4.08. The number of aromatic nitrogens is 3. The van der Waals surface area contributed by atoms with Crippen LogP contribution in [0.3, 0.4) is 0 Å². The number of nitrogens with zero attached hydrogens (tertiary/aromatic N) is 3. The number of hydrogen-bond acceptors (Lipinski definition) is 5. The number of hydrogen-bond donors (Lipinski definition) is 0. The zero-order valence-electron chi connectivity index (χ0n) is 30.3. The second-order valence-corrected chi connectivity index (χ2v) is 14.2. The van der Waals surface area contributed by atoms with E-state index in [0.29, 0.717) is 17.5 Å². The number of furan rings is 2. The summed E-state index contributed by atoms with van der Waals surface area (Å²) in [7, 11) is 0. The third kappa shape index (κ3) is 5.44. The van der Waals surface area contributed by atoms with Crippen LogP contribution in [-0.4, -0.2) is 15.0 Å². The monoisotopic (exact) mass is 719 g/mol. The van der Waals surface area contributed by atoms with Crippen LogP contribution < -0.4 is 10.6 Å². The highest BCUT2D eigenvalue weighted by Crippen LogP contribution is 2.40. The molecule has 5 heteroatoms. The van der Waals surface area contributed by atoms with Gasteiger partial charge in [0.15, 0.2) is 17.5 Å².